The maximum absolute atomic E-state index is 10.1. The average molecular weight is 160 g/mol. The molecule has 0 aromatic rings. The molecule has 0 radical (unpaired) electrons. The zero-order chi connectivity index (χ0) is 8.69. The smallest absolute Gasteiger partial charge is 0.404 e. The molecule has 4 heteroatoms. The number of unbranched alkanes of at least 4 members (excludes halogenated alkanes) is 1. The minimum atomic E-state index is -0.953. The number of carbonyl (C=O) groups is 1. The van der Waals surface area contributed by atoms with Crippen molar-refractivity contribution in [2.24, 2.45) is 5.73 Å². The molecule has 66 valence electrons. The quantitative estimate of drug-likeness (QED) is 0.520. The molecule has 0 aromatic heterocycles. The van der Waals surface area contributed by atoms with Crippen LogP contribution in [0.1, 0.15) is 26.2 Å². The molecule has 0 fully saturated rings. The fourth-order valence-electron chi connectivity index (χ4n) is 0.878. The van der Waals surface area contributed by atoms with Gasteiger partial charge in [-0.1, -0.05) is 6.42 Å². The van der Waals surface area contributed by atoms with Gasteiger partial charge in [-0.2, -0.15) is 0 Å². The van der Waals surface area contributed by atoms with E-state index in [-0.39, 0.29) is 6.04 Å². The molecular formula is C7H16N2O2. The molecule has 1 amide bonds. The van der Waals surface area contributed by atoms with E-state index < -0.39 is 6.09 Å². The van der Waals surface area contributed by atoms with Crippen LogP contribution >= 0.6 is 0 Å². The van der Waals surface area contributed by atoms with Gasteiger partial charge in [-0.05, 0) is 26.3 Å². The Balaban J connectivity index is 3.22. The molecule has 0 spiro atoms. The molecule has 0 aromatic carbocycles. The van der Waals surface area contributed by atoms with Gasteiger partial charge in [0.25, 0.3) is 0 Å². The van der Waals surface area contributed by atoms with Crippen molar-refractivity contribution in [1.82, 2.24) is 5.32 Å². The van der Waals surface area contributed by atoms with Crippen molar-refractivity contribution in [3.63, 3.8) is 0 Å². The van der Waals surface area contributed by atoms with Crippen LogP contribution in [0.25, 0.3) is 0 Å². The van der Waals surface area contributed by atoms with E-state index in [1.807, 2.05) is 6.92 Å². The van der Waals surface area contributed by atoms with E-state index in [0.29, 0.717) is 6.54 Å². The van der Waals surface area contributed by atoms with Gasteiger partial charge >= 0.3 is 6.09 Å². The summed E-state index contributed by atoms with van der Waals surface area (Å²) in [6.07, 6.45) is 1.86. The van der Waals surface area contributed by atoms with Crippen LogP contribution in [0.15, 0.2) is 0 Å². The predicted octanol–water partition coefficient (Wildman–Crippen LogP) is 0.772. The third kappa shape index (κ3) is 7.12. The summed E-state index contributed by atoms with van der Waals surface area (Å²) in [7, 11) is 0. The Kier molecular flexibility index (Phi) is 5.56. The van der Waals surface area contributed by atoms with Crippen LogP contribution in [-0.4, -0.2) is 23.8 Å². The lowest BCUT2D eigenvalue weighted by atomic mass is 10.1. The first-order valence-corrected chi connectivity index (χ1v) is 3.86. The van der Waals surface area contributed by atoms with Crippen LogP contribution in [0.3, 0.4) is 0 Å². The van der Waals surface area contributed by atoms with Crippen LogP contribution in [0.2, 0.25) is 0 Å². The summed E-state index contributed by atoms with van der Waals surface area (Å²) in [6, 6.07) is 0.0408. The highest BCUT2D eigenvalue weighted by atomic mass is 16.4. The SMILES string of the molecule is C[C@@H](CCCCN)NC(=O)O. The number of nitrogens with two attached hydrogens (primary N) is 1. The van der Waals surface area contributed by atoms with E-state index in [1.54, 1.807) is 0 Å². The van der Waals surface area contributed by atoms with Crippen LogP contribution in [0.4, 0.5) is 4.79 Å². The highest BCUT2D eigenvalue weighted by Gasteiger charge is 2.03. The van der Waals surface area contributed by atoms with Crippen molar-refractivity contribution in [1.29, 1.82) is 0 Å². The van der Waals surface area contributed by atoms with Crippen molar-refractivity contribution in [2.75, 3.05) is 6.54 Å². The summed E-state index contributed by atoms with van der Waals surface area (Å²) >= 11 is 0. The van der Waals surface area contributed by atoms with Gasteiger partial charge in [-0.15, -0.1) is 0 Å². The molecule has 0 aliphatic carbocycles. The lowest BCUT2D eigenvalue weighted by molar-refractivity contribution is 0.190. The highest BCUT2D eigenvalue weighted by molar-refractivity contribution is 5.64. The first-order chi connectivity index (χ1) is 5.16. The summed E-state index contributed by atoms with van der Waals surface area (Å²) < 4.78 is 0. The Bertz CT molecular complexity index is 117. The van der Waals surface area contributed by atoms with Crippen molar-refractivity contribution in [3.05, 3.63) is 0 Å². The fraction of sp³-hybridized carbons (Fsp3) is 0.857. The van der Waals surface area contributed by atoms with Crippen molar-refractivity contribution in [3.8, 4) is 0 Å². The molecule has 4 nitrogen and oxygen atoms in total. The van der Waals surface area contributed by atoms with Gasteiger partial charge in [-0.25, -0.2) is 4.79 Å². The number of carboxylic acid groups (broad SMARTS) is 1. The minimum absolute atomic E-state index is 0.0408. The van der Waals surface area contributed by atoms with E-state index in [4.69, 9.17) is 10.8 Å². The Labute approximate surface area is 66.8 Å². The Morgan fingerprint density at radius 3 is 2.73 bits per heavy atom. The van der Waals surface area contributed by atoms with E-state index in [1.165, 1.54) is 0 Å². The molecule has 11 heavy (non-hydrogen) atoms. The largest absolute Gasteiger partial charge is 0.465 e. The standard InChI is InChI=1S/C7H16N2O2/c1-6(9-7(10)11)4-2-3-5-8/h6,9H,2-5,8H2,1H3,(H,10,11)/t6-/m0/s1. The highest BCUT2D eigenvalue weighted by Crippen LogP contribution is 1.98. The monoisotopic (exact) mass is 160 g/mol. The van der Waals surface area contributed by atoms with Crippen LogP contribution in [0.5, 0.6) is 0 Å². The predicted molar refractivity (Wildman–Crippen MR) is 43.5 cm³/mol. The van der Waals surface area contributed by atoms with E-state index in [9.17, 15) is 4.79 Å². The average Bonchev–Trinajstić information content (AvgIpc) is 1.86. The summed E-state index contributed by atoms with van der Waals surface area (Å²) in [6.45, 7) is 2.53. The van der Waals surface area contributed by atoms with Crippen LogP contribution in [-0.2, 0) is 0 Å². The molecule has 0 heterocycles. The zero-order valence-electron chi connectivity index (χ0n) is 6.84. The molecule has 0 rings (SSSR count). The second-order valence-electron chi connectivity index (χ2n) is 2.63. The molecule has 0 aliphatic rings. The molecule has 0 saturated carbocycles. The Morgan fingerprint density at radius 1 is 1.64 bits per heavy atom. The molecule has 0 unspecified atom stereocenters. The Morgan fingerprint density at radius 2 is 2.27 bits per heavy atom. The lowest BCUT2D eigenvalue weighted by Gasteiger charge is -2.09. The number of rotatable bonds is 5. The van der Waals surface area contributed by atoms with Crippen molar-refractivity contribution in [2.45, 2.75) is 32.2 Å². The van der Waals surface area contributed by atoms with Gasteiger partial charge in [0.2, 0.25) is 0 Å². The Hall–Kier alpha value is -0.770. The summed E-state index contributed by atoms with van der Waals surface area (Å²) in [5.41, 5.74) is 5.28. The minimum Gasteiger partial charge on any atom is -0.465 e. The zero-order valence-corrected chi connectivity index (χ0v) is 6.84. The van der Waals surface area contributed by atoms with E-state index in [2.05, 4.69) is 5.32 Å². The molecule has 1 atom stereocenters. The van der Waals surface area contributed by atoms with Crippen molar-refractivity contribution >= 4 is 6.09 Å². The molecule has 0 bridgehead atoms. The number of hydrogen-bond donors (Lipinski definition) is 3. The van der Waals surface area contributed by atoms with Crippen molar-refractivity contribution < 1.29 is 9.90 Å². The van der Waals surface area contributed by atoms with Gasteiger partial charge in [0.15, 0.2) is 0 Å². The number of amides is 1. The van der Waals surface area contributed by atoms with Gasteiger partial charge in [0.1, 0.15) is 0 Å². The third-order valence-electron chi connectivity index (χ3n) is 1.46. The fourth-order valence-corrected chi connectivity index (χ4v) is 0.878. The van der Waals surface area contributed by atoms with Crippen LogP contribution in [0, 0.1) is 0 Å². The van der Waals surface area contributed by atoms with E-state index in [0.717, 1.165) is 19.3 Å². The number of nitrogens with one attached hydrogen (secondary N) is 1. The second kappa shape index (κ2) is 5.97. The second-order valence-corrected chi connectivity index (χ2v) is 2.63. The number of hydrogen-bond acceptors (Lipinski definition) is 2. The summed E-state index contributed by atoms with van der Waals surface area (Å²) in [5, 5.41) is 10.7. The maximum atomic E-state index is 10.1. The summed E-state index contributed by atoms with van der Waals surface area (Å²) in [5.74, 6) is 0. The first kappa shape index (κ1) is 10.2. The van der Waals surface area contributed by atoms with Gasteiger partial charge in [0, 0.05) is 6.04 Å². The van der Waals surface area contributed by atoms with Gasteiger partial charge < -0.3 is 16.2 Å². The van der Waals surface area contributed by atoms with Gasteiger partial charge in [0.05, 0.1) is 0 Å². The van der Waals surface area contributed by atoms with E-state index >= 15 is 0 Å². The van der Waals surface area contributed by atoms with Gasteiger partial charge in [-0.3, -0.25) is 0 Å². The normalized spacial score (nSPS) is 12.5. The molecular weight excluding hydrogens is 144 g/mol. The molecule has 0 saturated heterocycles. The molecule has 0 aliphatic heterocycles. The topological polar surface area (TPSA) is 75.3 Å². The lowest BCUT2D eigenvalue weighted by Crippen LogP contribution is -2.30. The maximum Gasteiger partial charge on any atom is 0.404 e. The summed E-state index contributed by atoms with van der Waals surface area (Å²) in [4.78, 5) is 10.1. The first-order valence-electron chi connectivity index (χ1n) is 3.86. The third-order valence-corrected chi connectivity index (χ3v) is 1.46. The van der Waals surface area contributed by atoms with Crippen LogP contribution < -0.4 is 11.1 Å². The molecule has 4 N–H and O–H groups in total.